The van der Waals surface area contributed by atoms with Crippen LogP contribution in [0.25, 0.3) is 31.7 Å². The van der Waals surface area contributed by atoms with E-state index in [1.807, 2.05) is 26.8 Å². The number of pyridine rings is 1. The smallest absolute Gasteiger partial charge is 0.167 e. The SMILES string of the molecule is CC[C@H](C)Oc1cc2sc(-c3cc(C)cc4cc(OC)cnc34)nc2cc1F. The minimum atomic E-state index is -0.387. The molecule has 0 fully saturated rings. The second-order valence-corrected chi connectivity index (χ2v) is 7.90. The molecule has 4 aromatic rings. The van der Waals surface area contributed by atoms with Crippen LogP contribution in [0.15, 0.2) is 36.5 Å². The third-order valence-electron chi connectivity index (χ3n) is 4.71. The van der Waals surface area contributed by atoms with Crippen LogP contribution in [0, 0.1) is 12.7 Å². The molecule has 0 saturated carbocycles. The molecule has 0 aliphatic rings. The van der Waals surface area contributed by atoms with E-state index in [0.29, 0.717) is 11.3 Å². The van der Waals surface area contributed by atoms with Crippen molar-refractivity contribution in [3.8, 4) is 22.1 Å². The lowest BCUT2D eigenvalue weighted by Gasteiger charge is -2.12. The van der Waals surface area contributed by atoms with Gasteiger partial charge in [0.05, 0.1) is 35.1 Å². The van der Waals surface area contributed by atoms with Gasteiger partial charge in [-0.25, -0.2) is 9.37 Å². The number of halogens is 1. The Hall–Kier alpha value is -2.73. The van der Waals surface area contributed by atoms with Crippen molar-refractivity contribution in [2.45, 2.75) is 33.3 Å². The maximum atomic E-state index is 14.4. The van der Waals surface area contributed by atoms with Crippen molar-refractivity contribution in [1.82, 2.24) is 9.97 Å². The molecule has 0 N–H and O–H groups in total. The fourth-order valence-corrected chi connectivity index (χ4v) is 4.08. The summed E-state index contributed by atoms with van der Waals surface area (Å²) in [5.74, 6) is 0.595. The Morgan fingerprint density at radius 3 is 2.75 bits per heavy atom. The molecule has 0 amide bonds. The first-order chi connectivity index (χ1) is 13.5. The molecule has 2 heterocycles. The van der Waals surface area contributed by atoms with E-state index in [-0.39, 0.29) is 17.7 Å². The summed E-state index contributed by atoms with van der Waals surface area (Å²) in [4.78, 5) is 9.24. The van der Waals surface area contributed by atoms with Crippen LogP contribution in [0.4, 0.5) is 4.39 Å². The quantitative estimate of drug-likeness (QED) is 0.406. The van der Waals surface area contributed by atoms with E-state index in [4.69, 9.17) is 9.47 Å². The van der Waals surface area contributed by atoms with Crippen molar-refractivity contribution in [3.63, 3.8) is 0 Å². The molecule has 0 saturated heterocycles. The molecule has 144 valence electrons. The van der Waals surface area contributed by atoms with Gasteiger partial charge in [-0.1, -0.05) is 6.92 Å². The number of rotatable bonds is 5. The molecule has 0 aliphatic heterocycles. The van der Waals surface area contributed by atoms with Gasteiger partial charge in [0.1, 0.15) is 10.8 Å². The second-order valence-electron chi connectivity index (χ2n) is 6.87. The van der Waals surface area contributed by atoms with Crippen LogP contribution in [0.2, 0.25) is 0 Å². The number of thiazole rings is 1. The Kier molecular flexibility index (Phi) is 4.89. The van der Waals surface area contributed by atoms with Gasteiger partial charge < -0.3 is 9.47 Å². The van der Waals surface area contributed by atoms with Crippen LogP contribution >= 0.6 is 11.3 Å². The third-order valence-corrected chi connectivity index (χ3v) is 5.77. The minimum Gasteiger partial charge on any atom is -0.495 e. The van der Waals surface area contributed by atoms with Gasteiger partial charge >= 0.3 is 0 Å². The number of ether oxygens (including phenoxy) is 2. The first kappa shape index (κ1) is 18.6. The molecule has 1 atom stereocenters. The summed E-state index contributed by atoms with van der Waals surface area (Å²) in [5.41, 5.74) is 3.51. The molecule has 6 heteroatoms. The van der Waals surface area contributed by atoms with E-state index >= 15 is 0 Å². The Balaban J connectivity index is 1.85. The number of methoxy groups -OCH3 is 1. The Morgan fingerprint density at radius 1 is 1.18 bits per heavy atom. The highest BCUT2D eigenvalue weighted by molar-refractivity contribution is 7.21. The maximum absolute atomic E-state index is 14.4. The minimum absolute atomic E-state index is 0.0424. The van der Waals surface area contributed by atoms with Crippen LogP contribution in [-0.4, -0.2) is 23.2 Å². The standard InChI is InChI=1S/C22H21FN2O2S/c1-5-13(3)27-19-10-20-18(9-17(19)23)25-22(28-20)16-7-12(2)6-14-8-15(26-4)11-24-21(14)16/h6-11,13H,5H2,1-4H3/t13-/m0/s1. The highest BCUT2D eigenvalue weighted by atomic mass is 32.1. The van der Waals surface area contributed by atoms with Gasteiger partial charge in [-0.15, -0.1) is 11.3 Å². The van der Waals surface area contributed by atoms with Crippen LogP contribution in [-0.2, 0) is 0 Å². The Bertz CT molecular complexity index is 1170. The zero-order valence-corrected chi connectivity index (χ0v) is 17.1. The summed E-state index contributed by atoms with van der Waals surface area (Å²) >= 11 is 1.51. The highest BCUT2D eigenvalue weighted by Crippen LogP contribution is 2.37. The zero-order valence-electron chi connectivity index (χ0n) is 16.2. The van der Waals surface area contributed by atoms with Gasteiger partial charge in [0.2, 0.25) is 0 Å². The number of benzene rings is 2. The lowest BCUT2D eigenvalue weighted by atomic mass is 10.1. The lowest BCUT2D eigenvalue weighted by molar-refractivity contribution is 0.208. The molecule has 0 spiro atoms. The molecule has 2 aromatic carbocycles. The Morgan fingerprint density at radius 2 is 2.00 bits per heavy atom. The zero-order chi connectivity index (χ0) is 19.8. The van der Waals surface area contributed by atoms with Crippen molar-refractivity contribution in [2.24, 2.45) is 0 Å². The first-order valence-electron chi connectivity index (χ1n) is 9.20. The predicted octanol–water partition coefficient (Wildman–Crippen LogP) is 6.14. The van der Waals surface area contributed by atoms with E-state index in [0.717, 1.165) is 38.2 Å². The number of aromatic nitrogens is 2. The van der Waals surface area contributed by atoms with Gasteiger partial charge in [-0.3, -0.25) is 4.98 Å². The van der Waals surface area contributed by atoms with E-state index < -0.39 is 0 Å². The van der Waals surface area contributed by atoms with Gasteiger partial charge in [0, 0.05) is 23.1 Å². The normalized spacial score (nSPS) is 12.5. The average molecular weight is 396 g/mol. The summed E-state index contributed by atoms with van der Waals surface area (Å²) < 4.78 is 26.3. The molecule has 28 heavy (non-hydrogen) atoms. The molecule has 4 rings (SSSR count). The average Bonchev–Trinajstić information content (AvgIpc) is 3.09. The van der Waals surface area contributed by atoms with Crippen molar-refractivity contribution in [1.29, 1.82) is 0 Å². The predicted molar refractivity (Wildman–Crippen MR) is 112 cm³/mol. The number of aryl methyl sites for hydroxylation is 1. The van der Waals surface area contributed by atoms with Gasteiger partial charge in [-0.2, -0.15) is 0 Å². The maximum Gasteiger partial charge on any atom is 0.167 e. The van der Waals surface area contributed by atoms with Crippen LogP contribution < -0.4 is 9.47 Å². The highest BCUT2D eigenvalue weighted by Gasteiger charge is 2.16. The van der Waals surface area contributed by atoms with Crippen LogP contribution in [0.5, 0.6) is 11.5 Å². The lowest BCUT2D eigenvalue weighted by Crippen LogP contribution is -2.10. The molecule has 0 bridgehead atoms. The molecular formula is C22H21FN2O2S. The monoisotopic (exact) mass is 396 g/mol. The molecule has 4 nitrogen and oxygen atoms in total. The van der Waals surface area contributed by atoms with Crippen molar-refractivity contribution in [3.05, 3.63) is 47.9 Å². The fourth-order valence-electron chi connectivity index (χ4n) is 3.09. The van der Waals surface area contributed by atoms with Crippen LogP contribution in [0.3, 0.4) is 0 Å². The first-order valence-corrected chi connectivity index (χ1v) is 10.0. The fraction of sp³-hybridized carbons (Fsp3) is 0.273. The summed E-state index contributed by atoms with van der Waals surface area (Å²) in [6.07, 6.45) is 2.47. The molecule has 0 radical (unpaired) electrons. The topological polar surface area (TPSA) is 44.2 Å². The molecule has 0 unspecified atom stereocenters. The summed E-state index contributed by atoms with van der Waals surface area (Å²) in [6, 6.07) is 9.28. The van der Waals surface area contributed by atoms with E-state index in [1.165, 1.54) is 17.4 Å². The van der Waals surface area contributed by atoms with E-state index in [1.54, 1.807) is 19.4 Å². The number of hydrogen-bond acceptors (Lipinski definition) is 5. The number of fused-ring (bicyclic) bond motifs is 2. The summed E-state index contributed by atoms with van der Waals surface area (Å²) in [6.45, 7) is 5.98. The van der Waals surface area contributed by atoms with E-state index in [9.17, 15) is 4.39 Å². The van der Waals surface area contributed by atoms with Gasteiger partial charge in [-0.05, 0) is 44.0 Å². The van der Waals surface area contributed by atoms with E-state index in [2.05, 4.69) is 22.1 Å². The van der Waals surface area contributed by atoms with Crippen molar-refractivity contribution < 1.29 is 13.9 Å². The van der Waals surface area contributed by atoms with Crippen LogP contribution in [0.1, 0.15) is 25.8 Å². The van der Waals surface area contributed by atoms with Crippen molar-refractivity contribution in [2.75, 3.05) is 7.11 Å². The summed E-state index contributed by atoms with van der Waals surface area (Å²) in [7, 11) is 1.63. The molecule has 0 aliphatic carbocycles. The van der Waals surface area contributed by atoms with Crippen molar-refractivity contribution >= 4 is 32.5 Å². The second kappa shape index (κ2) is 7.36. The number of nitrogens with zero attached hydrogens (tertiary/aromatic N) is 2. The largest absolute Gasteiger partial charge is 0.495 e. The van der Waals surface area contributed by atoms with Gasteiger partial charge in [0.25, 0.3) is 0 Å². The molecule has 2 aromatic heterocycles. The Labute approximate surface area is 167 Å². The summed E-state index contributed by atoms with van der Waals surface area (Å²) in [5, 5.41) is 1.79. The third kappa shape index (κ3) is 3.40. The number of hydrogen-bond donors (Lipinski definition) is 0. The molecular weight excluding hydrogens is 375 g/mol. The van der Waals surface area contributed by atoms with Gasteiger partial charge in [0.15, 0.2) is 11.6 Å².